The monoisotopic (exact) mass is 259 g/mol. The van der Waals surface area contributed by atoms with E-state index in [2.05, 4.69) is 10.3 Å². The van der Waals surface area contributed by atoms with Crippen LogP contribution in [0.4, 0.5) is 14.5 Å². The van der Waals surface area contributed by atoms with Crippen LogP contribution in [0, 0.1) is 23.0 Å². The number of nitrogens with zero attached hydrogens (tertiary/aromatic N) is 2. The van der Waals surface area contributed by atoms with Crippen LogP contribution < -0.4 is 5.32 Å². The molecule has 1 amide bonds. The summed E-state index contributed by atoms with van der Waals surface area (Å²) in [7, 11) is 0. The predicted molar refractivity (Wildman–Crippen MR) is 63.3 cm³/mol. The zero-order valence-electron chi connectivity index (χ0n) is 9.52. The normalized spacial score (nSPS) is 9.74. The fraction of sp³-hybridized carbons (Fsp3) is 0. The van der Waals surface area contributed by atoms with Gasteiger partial charge in [-0.15, -0.1) is 0 Å². The van der Waals surface area contributed by atoms with Gasteiger partial charge in [-0.3, -0.25) is 9.78 Å². The second-order valence-corrected chi connectivity index (χ2v) is 3.66. The highest BCUT2D eigenvalue weighted by Crippen LogP contribution is 2.14. The molecule has 0 spiro atoms. The van der Waals surface area contributed by atoms with Crippen LogP contribution in [0.1, 0.15) is 15.9 Å². The molecule has 0 unspecified atom stereocenters. The van der Waals surface area contributed by atoms with E-state index in [4.69, 9.17) is 5.26 Å². The number of halogens is 2. The quantitative estimate of drug-likeness (QED) is 0.901. The fourth-order valence-electron chi connectivity index (χ4n) is 1.40. The highest BCUT2D eigenvalue weighted by atomic mass is 19.2. The van der Waals surface area contributed by atoms with Crippen LogP contribution in [0.15, 0.2) is 36.7 Å². The first-order valence-electron chi connectivity index (χ1n) is 5.21. The third-order valence-electron chi connectivity index (χ3n) is 2.31. The van der Waals surface area contributed by atoms with Crippen molar-refractivity contribution >= 4 is 11.6 Å². The molecule has 0 saturated carbocycles. The molecule has 0 fully saturated rings. The Morgan fingerprint density at radius 1 is 1.21 bits per heavy atom. The number of hydrogen-bond donors (Lipinski definition) is 1. The first kappa shape index (κ1) is 12.6. The number of hydrogen-bond acceptors (Lipinski definition) is 3. The number of amides is 1. The molecule has 0 aliphatic heterocycles. The van der Waals surface area contributed by atoms with Gasteiger partial charge in [0.05, 0.1) is 11.1 Å². The topological polar surface area (TPSA) is 65.8 Å². The van der Waals surface area contributed by atoms with E-state index in [0.717, 1.165) is 12.1 Å². The van der Waals surface area contributed by atoms with E-state index in [-0.39, 0.29) is 16.8 Å². The molecule has 2 aromatic rings. The number of carbonyl (C=O) groups excluding carboxylic acids is 1. The lowest BCUT2D eigenvalue weighted by Gasteiger charge is -2.05. The minimum absolute atomic E-state index is 0.117. The summed E-state index contributed by atoms with van der Waals surface area (Å²) < 4.78 is 25.7. The van der Waals surface area contributed by atoms with Gasteiger partial charge in [0.25, 0.3) is 5.91 Å². The van der Waals surface area contributed by atoms with Crippen LogP contribution in [-0.2, 0) is 0 Å². The highest BCUT2D eigenvalue weighted by Gasteiger charge is 2.09. The fourth-order valence-corrected chi connectivity index (χ4v) is 1.40. The Kier molecular flexibility index (Phi) is 3.48. The van der Waals surface area contributed by atoms with Gasteiger partial charge in [0, 0.05) is 24.1 Å². The van der Waals surface area contributed by atoms with Gasteiger partial charge in [-0.2, -0.15) is 5.26 Å². The molecule has 19 heavy (non-hydrogen) atoms. The maximum atomic E-state index is 13.0. The van der Waals surface area contributed by atoms with Gasteiger partial charge in [-0.05, 0) is 18.2 Å². The summed E-state index contributed by atoms with van der Waals surface area (Å²) in [5, 5.41) is 11.1. The Labute approximate surface area is 107 Å². The van der Waals surface area contributed by atoms with E-state index in [1.165, 1.54) is 24.5 Å². The van der Waals surface area contributed by atoms with Crippen LogP contribution in [0.5, 0.6) is 0 Å². The number of carbonyl (C=O) groups is 1. The van der Waals surface area contributed by atoms with Crippen molar-refractivity contribution in [3.8, 4) is 6.07 Å². The largest absolute Gasteiger partial charge is 0.322 e. The molecule has 0 atom stereocenters. The van der Waals surface area contributed by atoms with Crippen molar-refractivity contribution < 1.29 is 13.6 Å². The second-order valence-electron chi connectivity index (χ2n) is 3.66. The minimum atomic E-state index is -1.05. The van der Waals surface area contributed by atoms with Gasteiger partial charge in [0.15, 0.2) is 11.6 Å². The van der Waals surface area contributed by atoms with Crippen LogP contribution in [0.3, 0.4) is 0 Å². The number of nitrogens with one attached hydrogen (secondary N) is 1. The lowest BCUT2D eigenvalue weighted by Crippen LogP contribution is -2.12. The molecule has 0 bridgehead atoms. The molecule has 4 nitrogen and oxygen atoms in total. The number of aromatic nitrogens is 1. The van der Waals surface area contributed by atoms with E-state index in [0.29, 0.717) is 0 Å². The number of pyridine rings is 1. The molecule has 94 valence electrons. The van der Waals surface area contributed by atoms with Gasteiger partial charge in [-0.25, -0.2) is 8.78 Å². The predicted octanol–water partition coefficient (Wildman–Crippen LogP) is 2.48. The standard InChI is InChI=1S/C13H7F2N3O/c14-11-2-1-10(4-12(11)15)18-13(19)9-3-8(5-16)6-17-7-9/h1-4,6-7H,(H,18,19). The number of nitriles is 1. The molecule has 6 heteroatoms. The Morgan fingerprint density at radius 3 is 2.68 bits per heavy atom. The Balaban J connectivity index is 2.21. The van der Waals surface area contributed by atoms with E-state index in [1.54, 1.807) is 0 Å². The average molecular weight is 259 g/mol. The number of anilines is 1. The molecule has 0 aliphatic rings. The molecule has 1 aromatic heterocycles. The number of rotatable bonds is 2. The third kappa shape index (κ3) is 2.90. The van der Waals surface area contributed by atoms with Crippen LogP contribution in [-0.4, -0.2) is 10.9 Å². The van der Waals surface area contributed by atoms with Crippen molar-refractivity contribution in [3.05, 3.63) is 59.4 Å². The molecular formula is C13H7F2N3O. The van der Waals surface area contributed by atoms with Gasteiger partial charge in [0.1, 0.15) is 6.07 Å². The van der Waals surface area contributed by atoms with Crippen molar-refractivity contribution in [3.63, 3.8) is 0 Å². The van der Waals surface area contributed by atoms with Crippen molar-refractivity contribution in [2.24, 2.45) is 0 Å². The van der Waals surface area contributed by atoms with E-state index in [1.807, 2.05) is 6.07 Å². The molecule has 1 heterocycles. The van der Waals surface area contributed by atoms with Crippen LogP contribution >= 0.6 is 0 Å². The van der Waals surface area contributed by atoms with Gasteiger partial charge in [0.2, 0.25) is 0 Å². The third-order valence-corrected chi connectivity index (χ3v) is 2.31. The summed E-state index contributed by atoms with van der Waals surface area (Å²) in [4.78, 5) is 15.5. The number of benzene rings is 1. The molecule has 0 saturated heterocycles. The summed E-state index contributed by atoms with van der Waals surface area (Å²) in [6.07, 6.45) is 2.59. The Bertz CT molecular complexity index is 680. The van der Waals surface area contributed by atoms with Crippen molar-refractivity contribution in [1.29, 1.82) is 5.26 Å². The molecule has 2 rings (SSSR count). The molecular weight excluding hydrogens is 252 g/mol. The average Bonchev–Trinajstić information content (AvgIpc) is 2.43. The second kappa shape index (κ2) is 5.23. The minimum Gasteiger partial charge on any atom is -0.322 e. The van der Waals surface area contributed by atoms with Crippen LogP contribution in [0.2, 0.25) is 0 Å². The Hall–Kier alpha value is -2.81. The maximum Gasteiger partial charge on any atom is 0.257 e. The van der Waals surface area contributed by atoms with Crippen molar-refractivity contribution in [2.75, 3.05) is 5.32 Å². The van der Waals surface area contributed by atoms with Gasteiger partial charge in [-0.1, -0.05) is 0 Å². The molecule has 1 N–H and O–H groups in total. The van der Waals surface area contributed by atoms with E-state index < -0.39 is 17.5 Å². The summed E-state index contributed by atoms with van der Waals surface area (Å²) in [5.74, 6) is -2.61. The van der Waals surface area contributed by atoms with E-state index in [9.17, 15) is 13.6 Å². The summed E-state index contributed by atoms with van der Waals surface area (Å²) in [6, 6.07) is 6.22. The van der Waals surface area contributed by atoms with E-state index >= 15 is 0 Å². The zero-order chi connectivity index (χ0) is 13.8. The van der Waals surface area contributed by atoms with Crippen molar-refractivity contribution in [2.45, 2.75) is 0 Å². The first-order chi connectivity index (χ1) is 9.10. The lowest BCUT2D eigenvalue weighted by atomic mass is 10.2. The van der Waals surface area contributed by atoms with Gasteiger partial charge < -0.3 is 5.32 Å². The smallest absolute Gasteiger partial charge is 0.257 e. The van der Waals surface area contributed by atoms with Crippen LogP contribution in [0.25, 0.3) is 0 Å². The van der Waals surface area contributed by atoms with Crippen molar-refractivity contribution in [1.82, 2.24) is 4.98 Å². The summed E-state index contributed by atoms with van der Waals surface area (Å²) >= 11 is 0. The first-order valence-corrected chi connectivity index (χ1v) is 5.21. The molecule has 0 aliphatic carbocycles. The maximum absolute atomic E-state index is 13.0. The SMILES string of the molecule is N#Cc1cncc(C(=O)Nc2ccc(F)c(F)c2)c1. The molecule has 0 radical (unpaired) electrons. The zero-order valence-corrected chi connectivity index (χ0v) is 9.52. The molecule has 1 aromatic carbocycles. The highest BCUT2D eigenvalue weighted by molar-refractivity contribution is 6.04. The lowest BCUT2D eigenvalue weighted by molar-refractivity contribution is 0.102. The summed E-state index contributed by atoms with van der Waals surface area (Å²) in [6.45, 7) is 0. The summed E-state index contributed by atoms with van der Waals surface area (Å²) in [5.41, 5.74) is 0.507. The Morgan fingerprint density at radius 2 is 2.00 bits per heavy atom. The van der Waals surface area contributed by atoms with Gasteiger partial charge >= 0.3 is 0 Å².